The first-order valence-electron chi connectivity index (χ1n) is 4.90. The maximum atomic E-state index is 4.61. The first-order chi connectivity index (χ1) is 5.61. The smallest absolute Gasteiger partial charge is 0.102 e. The molecular formula is C10H18N2. The molecule has 2 nitrogen and oxygen atoms in total. The van der Waals surface area contributed by atoms with Gasteiger partial charge in [0.15, 0.2) is 0 Å². The molecule has 2 aliphatic heterocycles. The third-order valence-electron chi connectivity index (χ3n) is 3.34. The molecule has 2 aliphatic rings. The van der Waals surface area contributed by atoms with E-state index in [-0.39, 0.29) is 0 Å². The number of rotatable bonds is 0. The molecule has 0 aromatic carbocycles. The van der Waals surface area contributed by atoms with Crippen molar-refractivity contribution in [3.05, 3.63) is 0 Å². The lowest BCUT2D eigenvalue weighted by Gasteiger charge is -2.23. The zero-order chi connectivity index (χ0) is 8.77. The van der Waals surface area contributed by atoms with Gasteiger partial charge >= 0.3 is 0 Å². The van der Waals surface area contributed by atoms with Crippen LogP contribution in [0.2, 0.25) is 0 Å². The minimum atomic E-state index is 0.434. The zero-order valence-corrected chi connectivity index (χ0v) is 8.30. The summed E-state index contributed by atoms with van der Waals surface area (Å²) >= 11 is 0. The second-order valence-electron chi connectivity index (χ2n) is 4.73. The van der Waals surface area contributed by atoms with E-state index in [1.807, 2.05) is 0 Å². The van der Waals surface area contributed by atoms with E-state index in [4.69, 9.17) is 0 Å². The number of nitrogens with zero attached hydrogens (tertiary/aromatic N) is 2. The number of amidine groups is 1. The fourth-order valence-corrected chi connectivity index (χ4v) is 2.22. The summed E-state index contributed by atoms with van der Waals surface area (Å²) < 4.78 is 0. The van der Waals surface area contributed by atoms with Crippen molar-refractivity contribution in [2.24, 2.45) is 16.3 Å². The molecule has 2 rings (SSSR count). The molecule has 0 aromatic rings. The van der Waals surface area contributed by atoms with Gasteiger partial charge in [-0.25, -0.2) is 0 Å². The lowest BCUT2D eigenvalue weighted by molar-refractivity contribution is 0.280. The van der Waals surface area contributed by atoms with Crippen molar-refractivity contribution in [2.75, 3.05) is 19.6 Å². The average Bonchev–Trinajstić information content (AvgIpc) is 2.24. The van der Waals surface area contributed by atoms with Crippen LogP contribution in [0.25, 0.3) is 0 Å². The van der Waals surface area contributed by atoms with E-state index in [1.54, 1.807) is 0 Å². The van der Waals surface area contributed by atoms with Crippen molar-refractivity contribution in [1.29, 1.82) is 0 Å². The van der Waals surface area contributed by atoms with Crippen LogP contribution in [-0.4, -0.2) is 30.4 Å². The SMILES string of the molecule is CC1C2=NCCCN2CC1(C)C. The van der Waals surface area contributed by atoms with Gasteiger partial charge in [-0.3, -0.25) is 4.99 Å². The highest BCUT2D eigenvalue weighted by Gasteiger charge is 2.41. The lowest BCUT2D eigenvalue weighted by atomic mass is 9.83. The molecule has 2 heteroatoms. The maximum absolute atomic E-state index is 4.61. The molecule has 68 valence electrons. The van der Waals surface area contributed by atoms with Crippen LogP contribution in [0.15, 0.2) is 4.99 Å². The number of hydrogen-bond acceptors (Lipinski definition) is 2. The van der Waals surface area contributed by atoms with E-state index in [0.717, 1.165) is 6.54 Å². The minimum absolute atomic E-state index is 0.434. The molecule has 0 aliphatic carbocycles. The Bertz CT molecular complexity index is 218. The average molecular weight is 166 g/mol. The molecular weight excluding hydrogens is 148 g/mol. The molecule has 1 atom stereocenters. The van der Waals surface area contributed by atoms with Gasteiger partial charge in [0.25, 0.3) is 0 Å². The molecule has 0 saturated carbocycles. The topological polar surface area (TPSA) is 15.6 Å². The summed E-state index contributed by atoms with van der Waals surface area (Å²) in [6.07, 6.45) is 1.24. The van der Waals surface area contributed by atoms with E-state index >= 15 is 0 Å². The predicted octanol–water partition coefficient (Wildman–Crippen LogP) is 1.77. The summed E-state index contributed by atoms with van der Waals surface area (Å²) in [5, 5.41) is 0. The molecule has 0 radical (unpaired) electrons. The Hall–Kier alpha value is -0.530. The van der Waals surface area contributed by atoms with Crippen LogP contribution in [0.5, 0.6) is 0 Å². The molecule has 12 heavy (non-hydrogen) atoms. The van der Waals surface area contributed by atoms with Gasteiger partial charge < -0.3 is 4.90 Å². The third-order valence-corrected chi connectivity index (χ3v) is 3.34. The van der Waals surface area contributed by atoms with Gasteiger partial charge in [-0.2, -0.15) is 0 Å². The van der Waals surface area contributed by atoms with Crippen molar-refractivity contribution < 1.29 is 0 Å². The Morgan fingerprint density at radius 3 is 2.92 bits per heavy atom. The largest absolute Gasteiger partial charge is 0.360 e. The zero-order valence-electron chi connectivity index (χ0n) is 8.30. The van der Waals surface area contributed by atoms with E-state index < -0.39 is 0 Å². The van der Waals surface area contributed by atoms with Crippen molar-refractivity contribution >= 4 is 5.84 Å². The van der Waals surface area contributed by atoms with Gasteiger partial charge in [-0.15, -0.1) is 0 Å². The van der Waals surface area contributed by atoms with Gasteiger partial charge in [-0.05, 0) is 11.8 Å². The van der Waals surface area contributed by atoms with Gasteiger partial charge in [0.2, 0.25) is 0 Å². The van der Waals surface area contributed by atoms with E-state index in [9.17, 15) is 0 Å². The summed E-state index contributed by atoms with van der Waals surface area (Å²) in [6.45, 7) is 10.5. The second kappa shape index (κ2) is 2.48. The van der Waals surface area contributed by atoms with Crippen molar-refractivity contribution in [3.8, 4) is 0 Å². The van der Waals surface area contributed by atoms with Crippen LogP contribution in [0, 0.1) is 11.3 Å². The van der Waals surface area contributed by atoms with Crippen molar-refractivity contribution in [3.63, 3.8) is 0 Å². The Balaban J connectivity index is 2.27. The van der Waals surface area contributed by atoms with Crippen LogP contribution in [-0.2, 0) is 0 Å². The van der Waals surface area contributed by atoms with E-state index in [1.165, 1.54) is 25.3 Å². The molecule has 0 bridgehead atoms. The highest BCUT2D eigenvalue weighted by atomic mass is 15.2. The monoisotopic (exact) mass is 166 g/mol. The lowest BCUT2D eigenvalue weighted by Crippen LogP contribution is -2.32. The minimum Gasteiger partial charge on any atom is -0.360 e. The number of fused-ring (bicyclic) bond motifs is 1. The van der Waals surface area contributed by atoms with Crippen molar-refractivity contribution in [2.45, 2.75) is 27.2 Å². The first kappa shape index (κ1) is 8.09. The maximum Gasteiger partial charge on any atom is 0.102 e. The fourth-order valence-electron chi connectivity index (χ4n) is 2.22. The molecule has 0 spiro atoms. The predicted molar refractivity (Wildman–Crippen MR) is 51.4 cm³/mol. The quantitative estimate of drug-likeness (QED) is 0.535. The van der Waals surface area contributed by atoms with Crippen molar-refractivity contribution in [1.82, 2.24) is 4.90 Å². The van der Waals surface area contributed by atoms with Crippen LogP contribution < -0.4 is 0 Å². The summed E-state index contributed by atoms with van der Waals surface area (Å²) in [7, 11) is 0. The fraction of sp³-hybridized carbons (Fsp3) is 0.900. The van der Waals surface area contributed by atoms with Crippen LogP contribution >= 0.6 is 0 Å². The molecule has 2 heterocycles. The summed E-state index contributed by atoms with van der Waals surface area (Å²) in [5.41, 5.74) is 0.434. The summed E-state index contributed by atoms with van der Waals surface area (Å²) in [5.74, 6) is 2.02. The third kappa shape index (κ3) is 1.05. The standard InChI is InChI=1S/C10H18N2/c1-8-9-11-5-4-6-12(9)7-10(8,2)3/h8H,4-7H2,1-3H3. The Labute approximate surface area is 74.7 Å². The molecule has 1 unspecified atom stereocenters. The molecule has 0 amide bonds. The molecule has 0 aromatic heterocycles. The van der Waals surface area contributed by atoms with Gasteiger partial charge in [-0.1, -0.05) is 20.8 Å². The summed E-state index contributed by atoms with van der Waals surface area (Å²) in [6, 6.07) is 0. The van der Waals surface area contributed by atoms with E-state index in [0.29, 0.717) is 11.3 Å². The second-order valence-corrected chi connectivity index (χ2v) is 4.73. The van der Waals surface area contributed by atoms with Gasteiger partial charge in [0.05, 0.1) is 0 Å². The number of hydrogen-bond donors (Lipinski definition) is 0. The van der Waals surface area contributed by atoms with Gasteiger partial charge in [0.1, 0.15) is 5.84 Å². The Morgan fingerprint density at radius 1 is 1.50 bits per heavy atom. The van der Waals surface area contributed by atoms with E-state index in [2.05, 4.69) is 30.7 Å². The first-order valence-corrected chi connectivity index (χ1v) is 4.90. The Kier molecular flexibility index (Phi) is 1.67. The number of aliphatic imine (C=N–C) groups is 1. The molecule has 1 fully saturated rings. The normalized spacial score (nSPS) is 33.1. The molecule has 1 saturated heterocycles. The van der Waals surface area contributed by atoms with Gasteiger partial charge in [0, 0.05) is 25.6 Å². The Morgan fingerprint density at radius 2 is 2.25 bits per heavy atom. The summed E-state index contributed by atoms with van der Waals surface area (Å²) in [4.78, 5) is 7.08. The van der Waals surface area contributed by atoms with Crippen LogP contribution in [0.4, 0.5) is 0 Å². The van der Waals surface area contributed by atoms with Crippen LogP contribution in [0.3, 0.4) is 0 Å². The molecule has 0 N–H and O–H groups in total. The van der Waals surface area contributed by atoms with Crippen LogP contribution in [0.1, 0.15) is 27.2 Å². The highest BCUT2D eigenvalue weighted by molar-refractivity contribution is 5.87. The highest BCUT2D eigenvalue weighted by Crippen LogP contribution is 2.37.